The number of nitrogens with one attached hydrogen (secondary N) is 2. The lowest BCUT2D eigenvalue weighted by Gasteiger charge is -1.89. The van der Waals surface area contributed by atoms with Crippen molar-refractivity contribution >= 4 is 29.7 Å². The number of nitrogens with zero attached hydrogens (tertiary/aromatic N) is 2. The zero-order valence-corrected chi connectivity index (χ0v) is 7.43. The Kier molecular flexibility index (Phi) is 3.28. The maximum atomic E-state index is 11.0. The third-order valence-corrected chi connectivity index (χ3v) is 1.36. The van der Waals surface area contributed by atoms with Gasteiger partial charge in [-0.05, 0) is 0 Å². The van der Waals surface area contributed by atoms with E-state index in [0.717, 1.165) is 0 Å². The summed E-state index contributed by atoms with van der Waals surface area (Å²) in [7, 11) is 0. The number of aromatic amines is 2. The number of imidazole rings is 1. The van der Waals surface area contributed by atoms with Gasteiger partial charge in [0.2, 0.25) is 5.95 Å². The van der Waals surface area contributed by atoms with Gasteiger partial charge in [0.15, 0.2) is 23.7 Å². The fourth-order valence-electron chi connectivity index (χ4n) is 0.863. The number of fused-ring (bicyclic) bond motifs is 1. The van der Waals surface area contributed by atoms with Crippen molar-refractivity contribution in [3.63, 3.8) is 0 Å². The van der Waals surface area contributed by atoms with Gasteiger partial charge in [0.1, 0.15) is 0 Å². The summed E-state index contributed by atoms with van der Waals surface area (Å²) < 4.78 is 0. The van der Waals surface area contributed by atoms with Gasteiger partial charge < -0.3 is 10.7 Å². The maximum absolute atomic E-state index is 11.0. The molecule has 8 heteroatoms. The van der Waals surface area contributed by atoms with E-state index < -0.39 is 0 Å². The Morgan fingerprint density at radius 1 is 1.33 bits per heavy atom. The Morgan fingerprint density at radius 3 is 2.60 bits per heavy atom. The summed E-state index contributed by atoms with van der Waals surface area (Å²) in [5.41, 5.74) is 5.63. The van der Waals surface area contributed by atoms with Gasteiger partial charge in [0.05, 0.1) is 6.33 Å². The van der Waals surface area contributed by atoms with Gasteiger partial charge in [0, 0.05) is 0 Å². The molecule has 0 aliphatic heterocycles. The van der Waals surface area contributed by atoms with Crippen LogP contribution in [0.15, 0.2) is 11.1 Å². The Labute approximate surface area is 82.5 Å². The van der Waals surface area contributed by atoms with Crippen LogP contribution in [-0.4, -0.2) is 32.5 Å². The van der Waals surface area contributed by atoms with Crippen LogP contribution in [0, 0.1) is 0 Å². The number of nitrogens with two attached hydrogens (primary N) is 1. The molecule has 0 unspecified atom stereocenters. The minimum Gasteiger partial charge on any atom is -0.369 e. The highest BCUT2D eigenvalue weighted by atomic mass is 16.2. The highest BCUT2D eigenvalue weighted by molar-refractivity contribution is 6.09. The molecule has 0 aliphatic carbocycles. The molecule has 2 heterocycles. The molecule has 0 atom stereocenters. The molecule has 2 aromatic heterocycles. The predicted molar refractivity (Wildman–Crippen MR) is 51.0 cm³/mol. The Bertz CT molecular complexity index is 523. The third kappa shape index (κ3) is 2.46. The number of aldehydes is 2. The quantitative estimate of drug-likeness (QED) is 0.391. The first-order valence-electron chi connectivity index (χ1n) is 3.77. The van der Waals surface area contributed by atoms with Crippen molar-refractivity contribution < 1.29 is 9.59 Å². The summed E-state index contributed by atoms with van der Waals surface area (Å²) in [6.07, 6.45) is 1.78. The molecule has 0 saturated heterocycles. The van der Waals surface area contributed by atoms with Gasteiger partial charge in [-0.15, -0.1) is 0 Å². The number of carbonyl (C=O) groups excluding carboxylic acids is 2. The van der Waals surface area contributed by atoms with Crippen molar-refractivity contribution in [2.45, 2.75) is 0 Å². The van der Waals surface area contributed by atoms with Crippen LogP contribution in [0.25, 0.3) is 11.2 Å². The molecule has 4 N–H and O–H groups in total. The molecule has 8 nitrogen and oxygen atoms in total. The molecule has 0 aromatic carbocycles. The van der Waals surface area contributed by atoms with E-state index in [1.54, 1.807) is 0 Å². The van der Waals surface area contributed by atoms with Gasteiger partial charge in [-0.3, -0.25) is 19.4 Å². The first-order chi connectivity index (χ1) is 7.19. The molecular weight excluding hydrogens is 202 g/mol. The summed E-state index contributed by atoms with van der Waals surface area (Å²) >= 11 is 0. The molecule has 0 saturated carbocycles. The number of hydrogen-bond donors (Lipinski definition) is 3. The topological polar surface area (TPSA) is 135 Å². The van der Waals surface area contributed by atoms with Crippen LogP contribution < -0.4 is 11.3 Å². The van der Waals surface area contributed by atoms with Gasteiger partial charge in [-0.25, -0.2) is 4.98 Å². The molecular formula is C7H7N5O3. The molecule has 0 radical (unpaired) electrons. The van der Waals surface area contributed by atoms with E-state index in [9.17, 15) is 4.79 Å². The smallest absolute Gasteiger partial charge is 0.280 e. The van der Waals surface area contributed by atoms with Crippen LogP contribution in [0.5, 0.6) is 0 Å². The lowest BCUT2D eigenvalue weighted by Crippen LogP contribution is -2.10. The van der Waals surface area contributed by atoms with Gasteiger partial charge >= 0.3 is 0 Å². The van der Waals surface area contributed by atoms with Crippen LogP contribution in [0.3, 0.4) is 0 Å². The average molecular weight is 209 g/mol. The molecule has 0 aliphatic rings. The Morgan fingerprint density at radius 2 is 2.00 bits per heavy atom. The van der Waals surface area contributed by atoms with Crippen LogP contribution in [0.2, 0.25) is 0 Å². The monoisotopic (exact) mass is 209 g/mol. The van der Waals surface area contributed by atoms with Crippen molar-refractivity contribution in [1.82, 2.24) is 19.9 Å². The van der Waals surface area contributed by atoms with E-state index in [2.05, 4.69) is 19.9 Å². The number of nitrogen functional groups attached to an aromatic ring is 1. The maximum Gasteiger partial charge on any atom is 0.280 e. The number of H-pyrrole nitrogens is 2. The molecule has 0 spiro atoms. The highest BCUT2D eigenvalue weighted by Crippen LogP contribution is 1.98. The summed E-state index contributed by atoms with van der Waals surface area (Å²) in [6, 6.07) is 0. The molecule has 2 rings (SSSR count). The van der Waals surface area contributed by atoms with Crippen LogP contribution in [0.1, 0.15) is 0 Å². The number of rotatable bonds is 1. The normalized spacial score (nSPS) is 9.07. The van der Waals surface area contributed by atoms with Gasteiger partial charge in [-0.2, -0.15) is 4.98 Å². The van der Waals surface area contributed by atoms with Crippen molar-refractivity contribution in [1.29, 1.82) is 0 Å². The van der Waals surface area contributed by atoms with E-state index in [0.29, 0.717) is 5.65 Å². The zero-order chi connectivity index (χ0) is 11.3. The first-order valence-corrected chi connectivity index (χ1v) is 3.77. The van der Waals surface area contributed by atoms with Crippen molar-refractivity contribution in [2.24, 2.45) is 0 Å². The molecule has 0 bridgehead atoms. The largest absolute Gasteiger partial charge is 0.369 e. The molecule has 2 aromatic rings. The fraction of sp³-hybridized carbons (Fsp3) is 0. The van der Waals surface area contributed by atoms with Gasteiger partial charge in [-0.1, -0.05) is 0 Å². The highest BCUT2D eigenvalue weighted by Gasteiger charge is 2.01. The van der Waals surface area contributed by atoms with Gasteiger partial charge in [0.25, 0.3) is 5.56 Å². The van der Waals surface area contributed by atoms with E-state index in [1.165, 1.54) is 6.33 Å². The minimum atomic E-state index is -0.325. The van der Waals surface area contributed by atoms with Crippen molar-refractivity contribution in [2.75, 3.05) is 5.73 Å². The first kappa shape index (κ1) is 10.6. The second-order valence-electron chi connectivity index (χ2n) is 2.32. The Hall–Kier alpha value is -2.51. The number of anilines is 1. The second-order valence-corrected chi connectivity index (χ2v) is 2.32. The second kappa shape index (κ2) is 4.65. The lowest BCUT2D eigenvalue weighted by atomic mass is 10.5. The summed E-state index contributed by atoms with van der Waals surface area (Å²) in [5, 5.41) is 0. The van der Waals surface area contributed by atoms with E-state index in [-0.39, 0.29) is 29.6 Å². The average Bonchev–Trinajstić information content (AvgIpc) is 2.66. The number of carbonyl (C=O) groups is 2. The standard InChI is InChI=1S/C5H5N5O.C2H2O2/c6-5-9-3-2(4(11)10-5)7-1-8-3;3-1-2-4/h1H,(H4,6,7,8,9,10,11);1-2H. The SMILES string of the molecule is Nc1nc2[nH]cnc2c(=O)[nH]1.O=CC=O. The fourth-order valence-corrected chi connectivity index (χ4v) is 0.863. The number of aromatic nitrogens is 4. The lowest BCUT2D eigenvalue weighted by molar-refractivity contribution is -0.122. The predicted octanol–water partition coefficient (Wildman–Crippen LogP) is -1.39. The van der Waals surface area contributed by atoms with Crippen molar-refractivity contribution in [3.05, 3.63) is 16.7 Å². The minimum absolute atomic E-state index is 0.0896. The summed E-state index contributed by atoms with van der Waals surface area (Å²) in [5.74, 6) is 0.0896. The van der Waals surface area contributed by atoms with Crippen LogP contribution in [0.4, 0.5) is 5.95 Å². The van der Waals surface area contributed by atoms with E-state index in [1.807, 2.05) is 0 Å². The molecule has 0 fully saturated rings. The Balaban J connectivity index is 0.000000245. The summed E-state index contributed by atoms with van der Waals surface area (Å²) in [4.78, 5) is 41.2. The molecule has 0 amide bonds. The molecule has 78 valence electrons. The number of hydrogen-bond acceptors (Lipinski definition) is 6. The summed E-state index contributed by atoms with van der Waals surface area (Å²) in [6.45, 7) is 0. The van der Waals surface area contributed by atoms with Crippen LogP contribution in [-0.2, 0) is 9.59 Å². The molecule has 15 heavy (non-hydrogen) atoms. The van der Waals surface area contributed by atoms with E-state index >= 15 is 0 Å². The van der Waals surface area contributed by atoms with E-state index in [4.69, 9.17) is 15.3 Å². The van der Waals surface area contributed by atoms with Crippen LogP contribution >= 0.6 is 0 Å². The van der Waals surface area contributed by atoms with Crippen molar-refractivity contribution in [3.8, 4) is 0 Å². The third-order valence-electron chi connectivity index (χ3n) is 1.36. The zero-order valence-electron chi connectivity index (χ0n) is 7.43.